The van der Waals surface area contributed by atoms with Gasteiger partial charge in [0, 0.05) is 30.3 Å². The number of ether oxygens (including phenoxy) is 2. The molecule has 0 aromatic heterocycles. The summed E-state index contributed by atoms with van der Waals surface area (Å²) in [6.07, 6.45) is 0. The molecule has 17 heavy (non-hydrogen) atoms. The Balaban J connectivity index is 2.81. The summed E-state index contributed by atoms with van der Waals surface area (Å²) >= 11 is 0. The number of nitrogens with one attached hydrogen (secondary N) is 1. The molecule has 0 saturated heterocycles. The molecule has 0 radical (unpaired) electrons. The van der Waals surface area contributed by atoms with E-state index in [1.54, 1.807) is 14.2 Å². The maximum atomic E-state index is 5.69. The molecular weight excluding hydrogens is 216 g/mol. The molecule has 0 spiro atoms. The Morgan fingerprint density at radius 2 is 2.00 bits per heavy atom. The van der Waals surface area contributed by atoms with Crippen LogP contribution in [0.1, 0.15) is 18.1 Å². The lowest BCUT2D eigenvalue weighted by molar-refractivity contribution is 0.384. The van der Waals surface area contributed by atoms with Gasteiger partial charge in [0.25, 0.3) is 0 Å². The average molecular weight is 238 g/mol. The van der Waals surface area contributed by atoms with Gasteiger partial charge in [-0.1, -0.05) is 6.07 Å². The van der Waals surface area contributed by atoms with Crippen molar-refractivity contribution in [2.75, 3.05) is 20.8 Å². The number of rotatable bonds is 6. The highest BCUT2D eigenvalue weighted by atomic mass is 16.5. The van der Waals surface area contributed by atoms with Gasteiger partial charge in [-0.05, 0) is 19.9 Å². The lowest BCUT2D eigenvalue weighted by Crippen LogP contribution is -2.30. The fourth-order valence-electron chi connectivity index (χ4n) is 1.81. The van der Waals surface area contributed by atoms with Crippen molar-refractivity contribution < 1.29 is 9.47 Å². The van der Waals surface area contributed by atoms with Crippen LogP contribution in [0.4, 0.5) is 0 Å². The third-order valence-electron chi connectivity index (χ3n) is 2.64. The molecule has 1 rings (SSSR count). The maximum absolute atomic E-state index is 5.69. The van der Waals surface area contributed by atoms with Crippen LogP contribution in [0.25, 0.3) is 0 Å². The van der Waals surface area contributed by atoms with Crippen molar-refractivity contribution in [1.82, 2.24) is 5.32 Å². The average Bonchev–Trinajstić information content (AvgIpc) is 2.29. The third-order valence-corrected chi connectivity index (χ3v) is 2.64. The van der Waals surface area contributed by atoms with Crippen LogP contribution in [-0.4, -0.2) is 26.8 Å². The second kappa shape index (κ2) is 6.47. The Kier molecular flexibility index (Phi) is 5.25. The zero-order valence-corrected chi connectivity index (χ0v) is 11.0. The van der Waals surface area contributed by atoms with E-state index < -0.39 is 0 Å². The highest BCUT2D eigenvalue weighted by molar-refractivity contribution is 5.49. The fourth-order valence-corrected chi connectivity index (χ4v) is 1.81. The minimum atomic E-state index is 0.153. The van der Waals surface area contributed by atoms with Crippen LogP contribution >= 0.6 is 0 Å². The van der Waals surface area contributed by atoms with Gasteiger partial charge >= 0.3 is 0 Å². The molecule has 0 saturated carbocycles. The van der Waals surface area contributed by atoms with Crippen LogP contribution in [0, 0.1) is 6.92 Å². The number of methoxy groups -OCH3 is 2. The van der Waals surface area contributed by atoms with Gasteiger partial charge < -0.3 is 20.5 Å². The summed E-state index contributed by atoms with van der Waals surface area (Å²) in [6.45, 7) is 5.50. The van der Waals surface area contributed by atoms with Crippen molar-refractivity contribution in [3.63, 3.8) is 0 Å². The lowest BCUT2D eigenvalue weighted by Gasteiger charge is -2.15. The minimum absolute atomic E-state index is 0.153. The van der Waals surface area contributed by atoms with Gasteiger partial charge in [0.05, 0.1) is 14.2 Å². The first-order valence-corrected chi connectivity index (χ1v) is 5.77. The monoisotopic (exact) mass is 238 g/mol. The van der Waals surface area contributed by atoms with Crippen molar-refractivity contribution in [2.24, 2.45) is 5.73 Å². The summed E-state index contributed by atoms with van der Waals surface area (Å²) in [5.41, 5.74) is 7.83. The summed E-state index contributed by atoms with van der Waals surface area (Å²) in [5.74, 6) is 1.72. The molecule has 1 aromatic carbocycles. The van der Waals surface area contributed by atoms with Gasteiger partial charge in [0.1, 0.15) is 11.5 Å². The summed E-state index contributed by atoms with van der Waals surface area (Å²) < 4.78 is 10.7. The Labute approximate surface area is 103 Å². The molecular formula is C13H22N2O2. The van der Waals surface area contributed by atoms with Crippen molar-refractivity contribution >= 4 is 0 Å². The van der Waals surface area contributed by atoms with E-state index in [9.17, 15) is 0 Å². The van der Waals surface area contributed by atoms with Gasteiger partial charge in [0.15, 0.2) is 0 Å². The van der Waals surface area contributed by atoms with Crippen LogP contribution in [0.3, 0.4) is 0 Å². The first-order chi connectivity index (χ1) is 8.10. The minimum Gasteiger partial charge on any atom is -0.496 e. The molecule has 4 nitrogen and oxygen atoms in total. The SMILES string of the molecule is COc1ccc(CNCC(C)N)c(OC)c1C. The Morgan fingerprint density at radius 3 is 2.53 bits per heavy atom. The first kappa shape index (κ1) is 13.8. The predicted molar refractivity (Wildman–Crippen MR) is 69.6 cm³/mol. The Morgan fingerprint density at radius 1 is 1.29 bits per heavy atom. The van der Waals surface area contributed by atoms with E-state index in [4.69, 9.17) is 15.2 Å². The topological polar surface area (TPSA) is 56.5 Å². The zero-order chi connectivity index (χ0) is 12.8. The Bertz CT molecular complexity index is 365. The van der Waals surface area contributed by atoms with Crippen molar-refractivity contribution in [3.05, 3.63) is 23.3 Å². The predicted octanol–water partition coefficient (Wildman–Crippen LogP) is 1.45. The lowest BCUT2D eigenvalue weighted by atomic mass is 10.1. The van der Waals surface area contributed by atoms with E-state index >= 15 is 0 Å². The maximum Gasteiger partial charge on any atom is 0.129 e. The number of hydrogen-bond donors (Lipinski definition) is 2. The normalized spacial score (nSPS) is 12.3. The van der Waals surface area contributed by atoms with E-state index in [2.05, 4.69) is 5.32 Å². The first-order valence-electron chi connectivity index (χ1n) is 5.77. The molecule has 0 amide bonds. The van der Waals surface area contributed by atoms with Crippen LogP contribution in [-0.2, 0) is 6.54 Å². The third kappa shape index (κ3) is 3.61. The molecule has 96 valence electrons. The molecule has 1 unspecified atom stereocenters. The second-order valence-corrected chi connectivity index (χ2v) is 4.19. The summed E-state index contributed by atoms with van der Waals surface area (Å²) in [7, 11) is 3.34. The highest BCUT2D eigenvalue weighted by Crippen LogP contribution is 2.31. The largest absolute Gasteiger partial charge is 0.496 e. The molecule has 1 atom stereocenters. The molecule has 0 aliphatic carbocycles. The standard InChI is InChI=1S/C13H22N2O2/c1-9(14)7-15-8-11-5-6-12(16-3)10(2)13(11)17-4/h5-6,9,15H,7-8,14H2,1-4H3. The van der Waals surface area contributed by atoms with Gasteiger partial charge in [-0.25, -0.2) is 0 Å². The van der Waals surface area contributed by atoms with Crippen LogP contribution < -0.4 is 20.5 Å². The molecule has 3 N–H and O–H groups in total. The fraction of sp³-hybridized carbons (Fsp3) is 0.538. The second-order valence-electron chi connectivity index (χ2n) is 4.19. The highest BCUT2D eigenvalue weighted by Gasteiger charge is 2.10. The quantitative estimate of drug-likeness (QED) is 0.787. The molecule has 1 aromatic rings. The van der Waals surface area contributed by atoms with E-state index in [0.29, 0.717) is 0 Å². The summed E-state index contributed by atoms with van der Waals surface area (Å²) in [6, 6.07) is 4.12. The molecule has 0 bridgehead atoms. The van der Waals surface area contributed by atoms with Gasteiger partial charge in [-0.2, -0.15) is 0 Å². The number of nitrogens with two attached hydrogens (primary N) is 1. The van der Waals surface area contributed by atoms with E-state index in [1.807, 2.05) is 26.0 Å². The smallest absolute Gasteiger partial charge is 0.129 e. The van der Waals surface area contributed by atoms with Gasteiger partial charge in [0.2, 0.25) is 0 Å². The van der Waals surface area contributed by atoms with Gasteiger partial charge in [-0.3, -0.25) is 0 Å². The van der Waals surface area contributed by atoms with E-state index in [0.717, 1.165) is 35.7 Å². The van der Waals surface area contributed by atoms with Crippen LogP contribution in [0.5, 0.6) is 11.5 Å². The van der Waals surface area contributed by atoms with Crippen molar-refractivity contribution in [2.45, 2.75) is 26.4 Å². The number of hydrogen-bond acceptors (Lipinski definition) is 4. The van der Waals surface area contributed by atoms with E-state index in [1.165, 1.54) is 0 Å². The van der Waals surface area contributed by atoms with Gasteiger partial charge in [-0.15, -0.1) is 0 Å². The zero-order valence-electron chi connectivity index (χ0n) is 11.0. The molecule has 0 aliphatic rings. The molecule has 0 aliphatic heterocycles. The van der Waals surface area contributed by atoms with Crippen LogP contribution in [0.2, 0.25) is 0 Å². The van der Waals surface area contributed by atoms with Crippen LogP contribution in [0.15, 0.2) is 12.1 Å². The molecule has 0 fully saturated rings. The summed E-state index contributed by atoms with van der Waals surface area (Å²) in [5, 5.41) is 3.29. The summed E-state index contributed by atoms with van der Waals surface area (Å²) in [4.78, 5) is 0. The van der Waals surface area contributed by atoms with Crippen molar-refractivity contribution in [3.8, 4) is 11.5 Å². The van der Waals surface area contributed by atoms with Crippen molar-refractivity contribution in [1.29, 1.82) is 0 Å². The molecule has 0 heterocycles. The Hall–Kier alpha value is -1.26. The number of benzene rings is 1. The molecule has 4 heteroatoms. The van der Waals surface area contributed by atoms with E-state index in [-0.39, 0.29) is 6.04 Å².